The van der Waals surface area contributed by atoms with E-state index in [2.05, 4.69) is 28.0 Å². The molecule has 10 nitrogen and oxygen atoms in total. The van der Waals surface area contributed by atoms with Gasteiger partial charge >= 0.3 is 12.1 Å². The first-order valence-corrected chi connectivity index (χ1v) is 17.2. The molecule has 3 unspecified atom stereocenters. The Bertz CT molecular complexity index is 1890. The molecule has 1 saturated carbocycles. The maximum absolute atomic E-state index is 13.9. The predicted octanol–water partition coefficient (Wildman–Crippen LogP) is 7.64. The molecule has 4 heterocycles. The van der Waals surface area contributed by atoms with Crippen LogP contribution in [0.3, 0.4) is 0 Å². The second-order valence-corrected chi connectivity index (χ2v) is 14.6. The van der Waals surface area contributed by atoms with Gasteiger partial charge in [-0.25, -0.2) is 14.5 Å². The van der Waals surface area contributed by atoms with Crippen molar-refractivity contribution in [1.29, 1.82) is 0 Å². The molecule has 4 aromatic rings. The molecule has 7 rings (SSSR count). The van der Waals surface area contributed by atoms with Gasteiger partial charge in [0, 0.05) is 52.4 Å². The zero-order valence-electron chi connectivity index (χ0n) is 27.8. The highest BCUT2D eigenvalue weighted by Gasteiger charge is 2.46. The van der Waals surface area contributed by atoms with Crippen LogP contribution >= 0.6 is 11.6 Å². The van der Waals surface area contributed by atoms with E-state index >= 15 is 0 Å². The maximum Gasteiger partial charge on any atom is 0.410 e. The molecule has 11 heteroatoms. The van der Waals surface area contributed by atoms with Crippen LogP contribution in [-0.4, -0.2) is 62.4 Å². The molecular weight excluding hydrogens is 628 g/mol. The molecule has 1 aliphatic carbocycles. The molecule has 4 amide bonds. The van der Waals surface area contributed by atoms with Gasteiger partial charge in [-0.1, -0.05) is 48.0 Å². The third kappa shape index (κ3) is 5.91. The van der Waals surface area contributed by atoms with Crippen LogP contribution in [0.5, 0.6) is 0 Å². The summed E-state index contributed by atoms with van der Waals surface area (Å²) in [5.41, 5.74) is 4.10. The van der Waals surface area contributed by atoms with Gasteiger partial charge in [-0.3, -0.25) is 14.5 Å². The minimum atomic E-state index is -0.525. The van der Waals surface area contributed by atoms with Gasteiger partial charge in [0.15, 0.2) is 0 Å². The van der Waals surface area contributed by atoms with Crippen molar-refractivity contribution < 1.29 is 19.1 Å². The first-order chi connectivity index (χ1) is 23.0. The third-order valence-electron chi connectivity index (χ3n) is 10.0. The highest BCUT2D eigenvalue weighted by molar-refractivity contribution is 6.32. The first-order valence-electron chi connectivity index (χ1n) is 16.8. The van der Waals surface area contributed by atoms with E-state index in [1.807, 2.05) is 63.4 Å². The van der Waals surface area contributed by atoms with Gasteiger partial charge in [0.1, 0.15) is 5.60 Å². The van der Waals surface area contributed by atoms with Crippen LogP contribution in [0.2, 0.25) is 5.02 Å². The van der Waals surface area contributed by atoms with E-state index < -0.39 is 11.6 Å². The lowest BCUT2D eigenvalue weighted by molar-refractivity contribution is -0.124. The minimum Gasteiger partial charge on any atom is -0.444 e. The van der Waals surface area contributed by atoms with E-state index in [1.54, 1.807) is 17.3 Å². The van der Waals surface area contributed by atoms with Crippen molar-refractivity contribution in [2.45, 2.75) is 83.4 Å². The normalized spacial score (nSPS) is 22.1. The summed E-state index contributed by atoms with van der Waals surface area (Å²) in [4.78, 5) is 47.4. The molecule has 3 aliphatic rings. The minimum absolute atomic E-state index is 0.0497. The number of nitrogens with one attached hydrogen (secondary N) is 1. The summed E-state index contributed by atoms with van der Waals surface area (Å²) in [6, 6.07) is 13.1. The fraction of sp³-hybridized carbons (Fsp3) is 0.432. The summed E-state index contributed by atoms with van der Waals surface area (Å²) in [5, 5.41) is 10.4. The molecule has 3 fully saturated rings. The van der Waals surface area contributed by atoms with Crippen molar-refractivity contribution in [3.05, 3.63) is 77.3 Å². The highest BCUT2D eigenvalue weighted by Crippen LogP contribution is 2.46. The molecule has 2 aromatic heterocycles. The number of hydrogen-bond acceptors (Lipinski definition) is 6. The second-order valence-electron chi connectivity index (χ2n) is 14.2. The van der Waals surface area contributed by atoms with Crippen LogP contribution in [0.25, 0.3) is 21.9 Å². The van der Waals surface area contributed by atoms with Gasteiger partial charge in [0.25, 0.3) is 0 Å². The number of fused-ring (bicyclic) bond motifs is 2. The molecule has 2 aromatic carbocycles. The number of halogens is 1. The van der Waals surface area contributed by atoms with E-state index in [0.717, 1.165) is 52.4 Å². The summed E-state index contributed by atoms with van der Waals surface area (Å²) in [6.45, 7) is 8.95. The van der Waals surface area contributed by atoms with Crippen LogP contribution in [0.15, 0.2) is 61.1 Å². The number of hydrogen-bond donors (Lipinski definition) is 1. The molecule has 2 aliphatic heterocycles. The summed E-state index contributed by atoms with van der Waals surface area (Å²) in [5.74, 6) is -0.469. The summed E-state index contributed by atoms with van der Waals surface area (Å²) in [6.07, 6.45) is 8.54. The van der Waals surface area contributed by atoms with Crippen molar-refractivity contribution in [3.63, 3.8) is 0 Å². The Morgan fingerprint density at radius 2 is 1.73 bits per heavy atom. The molecule has 0 radical (unpaired) electrons. The van der Waals surface area contributed by atoms with Crippen LogP contribution < -0.4 is 10.2 Å². The Balaban J connectivity index is 1.09. The molecule has 1 N–H and O–H groups in total. The number of urea groups is 1. The van der Waals surface area contributed by atoms with E-state index in [1.165, 1.54) is 4.90 Å². The van der Waals surface area contributed by atoms with E-state index in [4.69, 9.17) is 21.4 Å². The standard InChI is InChI=1S/C37H41ClN6O4/c1-22-29(20-40-44(22)25-14-16-42(17-15-25)36(47)48-37(2,3)4)27-10-7-11-30(38)33(27)23-12-13-28-31(18-23)41-35(46)43(34(28)45)32-21-39-19-24-8-5-6-9-26(24)32/h5-11,19-21,23,25,28,31H,12-18H2,1-4H3,(H,41,46). The monoisotopic (exact) mass is 668 g/mol. The number of imide groups is 1. The largest absolute Gasteiger partial charge is 0.444 e. The van der Waals surface area contributed by atoms with Crippen molar-refractivity contribution in [3.8, 4) is 11.1 Å². The number of nitrogens with zero attached hydrogens (tertiary/aromatic N) is 5. The quantitative estimate of drug-likeness (QED) is 0.239. The number of rotatable bonds is 4. The smallest absolute Gasteiger partial charge is 0.410 e. The number of carbonyl (C=O) groups excluding carboxylic acids is 3. The Kier molecular flexibility index (Phi) is 8.39. The second kappa shape index (κ2) is 12.5. The van der Waals surface area contributed by atoms with Gasteiger partial charge in [-0.05, 0) is 82.9 Å². The molecule has 0 spiro atoms. The first kappa shape index (κ1) is 32.1. The summed E-state index contributed by atoms with van der Waals surface area (Å²) < 4.78 is 7.66. The van der Waals surface area contributed by atoms with Crippen molar-refractivity contribution in [2.24, 2.45) is 5.92 Å². The van der Waals surface area contributed by atoms with Gasteiger partial charge < -0.3 is 15.0 Å². The lowest BCUT2D eigenvalue weighted by atomic mass is 9.72. The SMILES string of the molecule is Cc1c(-c2cccc(Cl)c2C2CCC3C(=O)N(c4cncc5ccccc45)C(=O)NC3C2)cnn1C1CCN(C(=O)OC(C)(C)C)CC1. The molecule has 2 saturated heterocycles. The average molecular weight is 669 g/mol. The molecule has 3 atom stereocenters. The number of ether oxygens (including phenoxy) is 1. The number of piperidine rings is 1. The van der Waals surface area contributed by atoms with Gasteiger partial charge in [-0.2, -0.15) is 5.10 Å². The summed E-state index contributed by atoms with van der Waals surface area (Å²) >= 11 is 6.96. The Morgan fingerprint density at radius 1 is 0.958 bits per heavy atom. The fourth-order valence-corrected chi connectivity index (χ4v) is 8.07. The van der Waals surface area contributed by atoms with E-state index in [0.29, 0.717) is 36.6 Å². The van der Waals surface area contributed by atoms with Gasteiger partial charge in [0.05, 0.1) is 30.0 Å². The number of carbonyl (C=O) groups is 3. The van der Waals surface area contributed by atoms with Crippen molar-refractivity contribution in [1.82, 2.24) is 25.0 Å². The number of pyridine rings is 1. The van der Waals surface area contributed by atoms with Crippen LogP contribution in [0, 0.1) is 12.8 Å². The Labute approximate surface area is 285 Å². The van der Waals surface area contributed by atoms with E-state index in [9.17, 15) is 14.4 Å². The molecule has 48 heavy (non-hydrogen) atoms. The lowest BCUT2D eigenvalue weighted by Gasteiger charge is -2.43. The Morgan fingerprint density at radius 3 is 2.50 bits per heavy atom. The summed E-state index contributed by atoms with van der Waals surface area (Å²) in [7, 11) is 0. The lowest BCUT2D eigenvalue weighted by Crippen LogP contribution is -2.61. The number of benzene rings is 2. The number of likely N-dealkylation sites (tertiary alicyclic amines) is 1. The van der Waals surface area contributed by atoms with Crippen LogP contribution in [0.1, 0.15) is 76.1 Å². The molecule has 250 valence electrons. The van der Waals surface area contributed by atoms with Crippen LogP contribution in [0.4, 0.5) is 15.3 Å². The number of amides is 4. The topological polar surface area (TPSA) is 110 Å². The predicted molar refractivity (Wildman–Crippen MR) is 185 cm³/mol. The van der Waals surface area contributed by atoms with Crippen LogP contribution in [-0.2, 0) is 9.53 Å². The number of anilines is 1. The molecule has 0 bridgehead atoms. The zero-order valence-corrected chi connectivity index (χ0v) is 28.5. The van der Waals surface area contributed by atoms with Crippen molar-refractivity contribution in [2.75, 3.05) is 18.0 Å². The fourth-order valence-electron chi connectivity index (χ4n) is 7.75. The Hall–Kier alpha value is -4.44. The zero-order chi connectivity index (χ0) is 33.7. The van der Waals surface area contributed by atoms with Crippen molar-refractivity contribution >= 4 is 46.1 Å². The van der Waals surface area contributed by atoms with E-state index in [-0.39, 0.29) is 35.9 Å². The highest BCUT2D eigenvalue weighted by atomic mass is 35.5. The molecular formula is C37H41ClN6O4. The average Bonchev–Trinajstić information content (AvgIpc) is 3.44. The maximum atomic E-state index is 13.9. The third-order valence-corrected chi connectivity index (χ3v) is 10.4. The number of aromatic nitrogens is 3. The van der Waals surface area contributed by atoms with Gasteiger partial charge in [-0.15, -0.1) is 0 Å². The van der Waals surface area contributed by atoms with Gasteiger partial charge in [0.2, 0.25) is 5.91 Å².